The minimum Gasteiger partial charge on any atom is -0.313 e. The predicted molar refractivity (Wildman–Crippen MR) is 83.4 cm³/mol. The van der Waals surface area contributed by atoms with E-state index in [2.05, 4.69) is 44.2 Å². The molecule has 1 aromatic heterocycles. The van der Waals surface area contributed by atoms with Crippen LogP contribution in [0.4, 0.5) is 0 Å². The van der Waals surface area contributed by atoms with E-state index in [1.54, 1.807) is 0 Å². The molecule has 1 aliphatic heterocycles. The van der Waals surface area contributed by atoms with E-state index in [1.165, 1.54) is 0 Å². The highest BCUT2D eigenvalue weighted by Gasteiger charge is 2.23. The highest BCUT2D eigenvalue weighted by Crippen LogP contribution is 2.27. The zero-order valence-electron chi connectivity index (χ0n) is 11.4. The Labute approximate surface area is 127 Å². The van der Waals surface area contributed by atoms with Crippen LogP contribution in [-0.2, 0) is 0 Å². The van der Waals surface area contributed by atoms with Gasteiger partial charge in [0.1, 0.15) is 5.82 Å². The van der Waals surface area contributed by atoms with E-state index in [0.717, 1.165) is 41.2 Å². The van der Waals surface area contributed by atoms with Gasteiger partial charge in [-0.1, -0.05) is 34.1 Å². The van der Waals surface area contributed by atoms with Gasteiger partial charge >= 0.3 is 0 Å². The highest BCUT2D eigenvalue weighted by atomic mass is 79.9. The normalized spacial score (nSPS) is 20.0. The number of hydrogen-bond donors (Lipinski definition) is 1. The SMILES string of the molecule is CN1CCNCC1c1nccc(-c2ccccc2Br)n1. The fourth-order valence-electron chi connectivity index (χ4n) is 2.45. The molecular weight excluding hydrogens is 316 g/mol. The third-order valence-corrected chi connectivity index (χ3v) is 4.32. The number of likely N-dealkylation sites (N-methyl/N-ethyl adjacent to an activating group) is 1. The number of hydrogen-bond acceptors (Lipinski definition) is 4. The van der Waals surface area contributed by atoms with Crippen molar-refractivity contribution >= 4 is 15.9 Å². The first kappa shape index (κ1) is 13.7. The molecule has 4 nitrogen and oxygen atoms in total. The molecule has 5 heteroatoms. The molecule has 1 fully saturated rings. The van der Waals surface area contributed by atoms with Gasteiger partial charge in [-0.15, -0.1) is 0 Å². The van der Waals surface area contributed by atoms with Crippen LogP contribution >= 0.6 is 15.9 Å². The molecule has 20 heavy (non-hydrogen) atoms. The van der Waals surface area contributed by atoms with Crippen LogP contribution in [-0.4, -0.2) is 41.5 Å². The lowest BCUT2D eigenvalue weighted by atomic mass is 10.1. The average Bonchev–Trinajstić information content (AvgIpc) is 2.48. The Morgan fingerprint density at radius 1 is 1.30 bits per heavy atom. The van der Waals surface area contributed by atoms with E-state index in [4.69, 9.17) is 4.98 Å². The van der Waals surface area contributed by atoms with Crippen molar-refractivity contribution in [3.8, 4) is 11.3 Å². The van der Waals surface area contributed by atoms with E-state index in [-0.39, 0.29) is 6.04 Å². The molecule has 1 unspecified atom stereocenters. The first-order chi connectivity index (χ1) is 9.75. The Kier molecular flexibility index (Phi) is 4.10. The summed E-state index contributed by atoms with van der Waals surface area (Å²) in [4.78, 5) is 11.5. The largest absolute Gasteiger partial charge is 0.313 e. The Morgan fingerprint density at radius 3 is 2.95 bits per heavy atom. The summed E-state index contributed by atoms with van der Waals surface area (Å²) in [6.07, 6.45) is 1.85. The van der Waals surface area contributed by atoms with Crippen molar-refractivity contribution in [3.05, 3.63) is 46.8 Å². The number of piperazine rings is 1. The maximum absolute atomic E-state index is 4.76. The van der Waals surface area contributed by atoms with Gasteiger partial charge < -0.3 is 5.32 Å². The lowest BCUT2D eigenvalue weighted by Gasteiger charge is -2.31. The van der Waals surface area contributed by atoms with Gasteiger partial charge in [-0.25, -0.2) is 9.97 Å². The van der Waals surface area contributed by atoms with Crippen molar-refractivity contribution in [2.75, 3.05) is 26.7 Å². The van der Waals surface area contributed by atoms with Crippen molar-refractivity contribution in [1.82, 2.24) is 20.2 Å². The quantitative estimate of drug-likeness (QED) is 0.917. The monoisotopic (exact) mass is 332 g/mol. The van der Waals surface area contributed by atoms with Gasteiger partial charge in [0, 0.05) is 35.9 Å². The summed E-state index contributed by atoms with van der Waals surface area (Å²) in [6.45, 7) is 2.94. The second-order valence-corrected chi connectivity index (χ2v) is 5.83. The highest BCUT2D eigenvalue weighted by molar-refractivity contribution is 9.10. The minimum atomic E-state index is 0.242. The summed E-state index contributed by atoms with van der Waals surface area (Å²) in [6, 6.07) is 10.3. The maximum atomic E-state index is 4.76. The van der Waals surface area contributed by atoms with Gasteiger partial charge in [-0.3, -0.25) is 4.90 Å². The molecule has 3 rings (SSSR count). The second-order valence-electron chi connectivity index (χ2n) is 4.98. The number of nitrogens with one attached hydrogen (secondary N) is 1. The van der Waals surface area contributed by atoms with Crippen molar-refractivity contribution in [1.29, 1.82) is 0 Å². The predicted octanol–water partition coefficient (Wildman–Crippen LogP) is 2.48. The molecule has 1 N–H and O–H groups in total. The summed E-state index contributed by atoms with van der Waals surface area (Å²) in [5, 5.41) is 3.40. The van der Waals surface area contributed by atoms with Crippen molar-refractivity contribution in [2.24, 2.45) is 0 Å². The van der Waals surface area contributed by atoms with Gasteiger partial charge in [-0.2, -0.15) is 0 Å². The standard InChI is InChI=1S/C15H17BrN4/c1-20-9-8-17-10-14(20)15-18-7-6-13(19-15)11-4-2-3-5-12(11)16/h2-7,14,17H,8-10H2,1H3. The fourth-order valence-corrected chi connectivity index (χ4v) is 2.94. The third-order valence-electron chi connectivity index (χ3n) is 3.63. The van der Waals surface area contributed by atoms with E-state index in [9.17, 15) is 0 Å². The van der Waals surface area contributed by atoms with E-state index in [1.807, 2.05) is 30.5 Å². The maximum Gasteiger partial charge on any atom is 0.147 e. The molecular formula is C15H17BrN4. The molecule has 0 radical (unpaired) electrons. The van der Waals surface area contributed by atoms with Crippen molar-refractivity contribution < 1.29 is 0 Å². The molecule has 1 aromatic carbocycles. The lowest BCUT2D eigenvalue weighted by molar-refractivity contribution is 0.194. The number of aromatic nitrogens is 2. The third kappa shape index (κ3) is 2.75. The Morgan fingerprint density at radius 2 is 2.15 bits per heavy atom. The summed E-state index contributed by atoms with van der Waals surface area (Å²) in [7, 11) is 2.12. The number of halogens is 1. The van der Waals surface area contributed by atoms with Crippen LogP contribution in [0.5, 0.6) is 0 Å². The van der Waals surface area contributed by atoms with Crippen LogP contribution in [0, 0.1) is 0 Å². The Balaban J connectivity index is 1.95. The second kappa shape index (κ2) is 5.99. The van der Waals surface area contributed by atoms with Gasteiger partial charge in [0.05, 0.1) is 11.7 Å². The summed E-state index contributed by atoms with van der Waals surface area (Å²) in [5.41, 5.74) is 2.06. The van der Waals surface area contributed by atoms with Crippen LogP contribution in [0.15, 0.2) is 41.0 Å². The molecule has 1 atom stereocenters. The number of nitrogens with zero attached hydrogens (tertiary/aromatic N) is 3. The van der Waals surface area contributed by atoms with Gasteiger partial charge in [0.2, 0.25) is 0 Å². The van der Waals surface area contributed by atoms with Gasteiger partial charge in [-0.05, 0) is 19.2 Å². The molecule has 0 bridgehead atoms. The van der Waals surface area contributed by atoms with Crippen LogP contribution < -0.4 is 5.32 Å². The zero-order chi connectivity index (χ0) is 13.9. The van der Waals surface area contributed by atoms with Crippen LogP contribution in [0.1, 0.15) is 11.9 Å². The van der Waals surface area contributed by atoms with E-state index >= 15 is 0 Å². The molecule has 2 aromatic rings. The van der Waals surface area contributed by atoms with E-state index in [0.29, 0.717) is 0 Å². The molecule has 2 heterocycles. The first-order valence-corrected chi connectivity index (χ1v) is 7.54. The lowest BCUT2D eigenvalue weighted by Crippen LogP contribution is -2.44. The molecule has 0 saturated carbocycles. The summed E-state index contributed by atoms with van der Waals surface area (Å²) < 4.78 is 1.06. The average molecular weight is 333 g/mol. The topological polar surface area (TPSA) is 41.0 Å². The smallest absolute Gasteiger partial charge is 0.147 e. The van der Waals surface area contributed by atoms with Crippen molar-refractivity contribution in [3.63, 3.8) is 0 Å². The minimum absolute atomic E-state index is 0.242. The Bertz CT molecular complexity index is 602. The summed E-state index contributed by atoms with van der Waals surface area (Å²) in [5.74, 6) is 0.882. The molecule has 0 amide bonds. The van der Waals surface area contributed by atoms with Crippen LogP contribution in [0.25, 0.3) is 11.3 Å². The fraction of sp³-hybridized carbons (Fsp3) is 0.333. The van der Waals surface area contributed by atoms with E-state index < -0.39 is 0 Å². The molecule has 0 spiro atoms. The zero-order valence-corrected chi connectivity index (χ0v) is 13.0. The molecule has 0 aliphatic carbocycles. The first-order valence-electron chi connectivity index (χ1n) is 6.74. The summed E-state index contributed by atoms with van der Waals surface area (Å²) >= 11 is 3.58. The molecule has 1 saturated heterocycles. The molecule has 1 aliphatic rings. The number of rotatable bonds is 2. The van der Waals surface area contributed by atoms with Crippen molar-refractivity contribution in [2.45, 2.75) is 6.04 Å². The van der Waals surface area contributed by atoms with Crippen LogP contribution in [0.2, 0.25) is 0 Å². The van der Waals surface area contributed by atoms with Gasteiger partial charge in [0.25, 0.3) is 0 Å². The number of benzene rings is 1. The van der Waals surface area contributed by atoms with Crippen LogP contribution in [0.3, 0.4) is 0 Å². The van der Waals surface area contributed by atoms with Gasteiger partial charge in [0.15, 0.2) is 0 Å². The Hall–Kier alpha value is -1.30. The molecule has 104 valence electrons.